The van der Waals surface area contributed by atoms with Crippen LogP contribution in [0.4, 0.5) is 0 Å². The summed E-state index contributed by atoms with van der Waals surface area (Å²) in [7, 11) is 0. The van der Waals surface area contributed by atoms with Crippen LogP contribution in [0.1, 0.15) is 21.5 Å². The Hall–Kier alpha value is -2.92. The Balaban J connectivity index is 1.81. The molecule has 0 aliphatic carbocycles. The summed E-state index contributed by atoms with van der Waals surface area (Å²) in [5.41, 5.74) is 4.55. The fourth-order valence-electron chi connectivity index (χ4n) is 2.24. The maximum Gasteiger partial charge on any atom is 0.276 e. The summed E-state index contributed by atoms with van der Waals surface area (Å²) >= 11 is 5.89. The smallest absolute Gasteiger partial charge is 0.276 e. The number of benzene rings is 2. The van der Waals surface area contributed by atoms with Crippen LogP contribution in [0, 0.1) is 6.92 Å². The predicted octanol–water partition coefficient (Wildman–Crippen LogP) is 3.25. The standard InChI is InChI=1S/C18H14ClN3O2/c1-11-2-4-12(5-3-11)9-21-22-18(24)15-10-20-16-8-13(19)6-7-14(16)17(15)23/h2-10H,1H3,(H,20,23)(H,22,24)/b21-9+. The molecule has 1 amide bonds. The second kappa shape index (κ2) is 6.68. The van der Waals surface area contributed by atoms with Gasteiger partial charge in [-0.1, -0.05) is 41.4 Å². The molecule has 120 valence electrons. The number of carbonyl (C=O) groups is 1. The molecule has 2 N–H and O–H groups in total. The largest absolute Gasteiger partial charge is 0.360 e. The van der Waals surface area contributed by atoms with Crippen LogP contribution in [0.5, 0.6) is 0 Å². The van der Waals surface area contributed by atoms with Gasteiger partial charge in [0.15, 0.2) is 0 Å². The first-order valence-corrected chi connectivity index (χ1v) is 7.63. The monoisotopic (exact) mass is 339 g/mol. The number of nitrogens with one attached hydrogen (secondary N) is 2. The van der Waals surface area contributed by atoms with Crippen molar-refractivity contribution in [1.29, 1.82) is 0 Å². The zero-order valence-electron chi connectivity index (χ0n) is 12.8. The van der Waals surface area contributed by atoms with Crippen molar-refractivity contribution in [2.24, 2.45) is 5.10 Å². The lowest BCUT2D eigenvalue weighted by atomic mass is 10.1. The Labute approximate surface area is 143 Å². The number of aromatic nitrogens is 1. The van der Waals surface area contributed by atoms with Crippen molar-refractivity contribution >= 4 is 34.6 Å². The van der Waals surface area contributed by atoms with Crippen LogP contribution < -0.4 is 10.9 Å². The maximum atomic E-state index is 12.4. The van der Waals surface area contributed by atoms with E-state index in [1.807, 2.05) is 31.2 Å². The lowest BCUT2D eigenvalue weighted by Gasteiger charge is -2.03. The number of hydrogen-bond acceptors (Lipinski definition) is 3. The van der Waals surface area contributed by atoms with Crippen molar-refractivity contribution in [3.8, 4) is 0 Å². The Bertz CT molecular complexity index is 991. The topological polar surface area (TPSA) is 74.3 Å². The number of amides is 1. The molecule has 1 aromatic heterocycles. The van der Waals surface area contributed by atoms with Crippen LogP contribution in [0.3, 0.4) is 0 Å². The minimum atomic E-state index is -0.573. The Morgan fingerprint density at radius 1 is 1.21 bits per heavy atom. The molecule has 5 nitrogen and oxygen atoms in total. The quantitative estimate of drug-likeness (QED) is 0.567. The summed E-state index contributed by atoms with van der Waals surface area (Å²) in [5, 5.41) is 4.79. The van der Waals surface area contributed by atoms with Crippen LogP contribution in [0.2, 0.25) is 5.02 Å². The molecule has 0 aliphatic rings. The zero-order chi connectivity index (χ0) is 17.1. The molecular weight excluding hydrogens is 326 g/mol. The lowest BCUT2D eigenvalue weighted by Crippen LogP contribution is -2.25. The van der Waals surface area contributed by atoms with Crippen molar-refractivity contribution in [2.75, 3.05) is 0 Å². The number of pyridine rings is 1. The van der Waals surface area contributed by atoms with E-state index in [0.717, 1.165) is 11.1 Å². The van der Waals surface area contributed by atoms with Gasteiger partial charge in [-0.25, -0.2) is 5.43 Å². The van der Waals surface area contributed by atoms with Gasteiger partial charge in [0.05, 0.1) is 11.7 Å². The first-order valence-electron chi connectivity index (χ1n) is 7.25. The minimum Gasteiger partial charge on any atom is -0.360 e. The molecule has 3 rings (SSSR count). The first kappa shape index (κ1) is 16.0. The van der Waals surface area contributed by atoms with Gasteiger partial charge in [0, 0.05) is 16.6 Å². The number of rotatable bonds is 3. The van der Waals surface area contributed by atoms with E-state index in [0.29, 0.717) is 15.9 Å². The molecule has 0 fully saturated rings. The van der Waals surface area contributed by atoms with E-state index < -0.39 is 5.91 Å². The number of aryl methyl sites for hydroxylation is 1. The van der Waals surface area contributed by atoms with Crippen molar-refractivity contribution in [2.45, 2.75) is 6.92 Å². The highest BCUT2D eigenvalue weighted by molar-refractivity contribution is 6.31. The highest BCUT2D eigenvalue weighted by atomic mass is 35.5. The summed E-state index contributed by atoms with van der Waals surface area (Å²) in [6.07, 6.45) is 2.88. The number of halogens is 1. The van der Waals surface area contributed by atoms with Crippen LogP contribution in [-0.4, -0.2) is 17.1 Å². The molecule has 0 spiro atoms. The Morgan fingerprint density at radius 2 is 1.96 bits per heavy atom. The fourth-order valence-corrected chi connectivity index (χ4v) is 2.41. The number of H-pyrrole nitrogens is 1. The van der Waals surface area contributed by atoms with Crippen molar-refractivity contribution < 1.29 is 4.79 Å². The van der Waals surface area contributed by atoms with Crippen LogP contribution in [0.25, 0.3) is 10.9 Å². The van der Waals surface area contributed by atoms with E-state index in [4.69, 9.17) is 11.6 Å². The highest BCUT2D eigenvalue weighted by Crippen LogP contribution is 2.15. The third-order valence-electron chi connectivity index (χ3n) is 3.54. The SMILES string of the molecule is Cc1ccc(/C=N/NC(=O)c2c[nH]c3cc(Cl)ccc3c2=O)cc1. The van der Waals surface area contributed by atoms with Gasteiger partial charge in [0.2, 0.25) is 5.43 Å². The van der Waals surface area contributed by atoms with Crippen molar-refractivity contribution in [3.05, 3.63) is 80.6 Å². The van der Waals surface area contributed by atoms with Crippen LogP contribution >= 0.6 is 11.6 Å². The molecule has 0 radical (unpaired) electrons. The molecule has 0 saturated heterocycles. The summed E-state index contributed by atoms with van der Waals surface area (Å²) < 4.78 is 0. The number of nitrogens with zero attached hydrogens (tertiary/aromatic N) is 1. The molecule has 0 aliphatic heterocycles. The van der Waals surface area contributed by atoms with Crippen LogP contribution in [0.15, 0.2) is 58.6 Å². The third-order valence-corrected chi connectivity index (χ3v) is 3.78. The summed E-state index contributed by atoms with van der Waals surface area (Å²) in [5.74, 6) is -0.573. The van der Waals surface area contributed by atoms with Crippen molar-refractivity contribution in [1.82, 2.24) is 10.4 Å². The van der Waals surface area contributed by atoms with Gasteiger partial charge in [-0.05, 0) is 30.7 Å². The number of hydrazone groups is 1. The zero-order valence-corrected chi connectivity index (χ0v) is 13.6. The normalized spacial score (nSPS) is 11.1. The lowest BCUT2D eigenvalue weighted by molar-refractivity contribution is 0.0954. The molecule has 0 atom stereocenters. The molecule has 0 unspecified atom stereocenters. The summed E-state index contributed by atoms with van der Waals surface area (Å²) in [4.78, 5) is 27.4. The van der Waals surface area contributed by atoms with Gasteiger partial charge >= 0.3 is 0 Å². The molecular formula is C18H14ClN3O2. The fraction of sp³-hybridized carbons (Fsp3) is 0.0556. The minimum absolute atomic E-state index is 0.00845. The van der Waals surface area contributed by atoms with Gasteiger partial charge in [-0.2, -0.15) is 5.10 Å². The first-order chi connectivity index (χ1) is 11.5. The van der Waals surface area contributed by atoms with E-state index in [2.05, 4.69) is 15.5 Å². The van der Waals surface area contributed by atoms with E-state index in [1.165, 1.54) is 12.4 Å². The molecule has 24 heavy (non-hydrogen) atoms. The molecule has 0 saturated carbocycles. The number of fused-ring (bicyclic) bond motifs is 1. The van der Waals surface area contributed by atoms with Gasteiger partial charge < -0.3 is 4.98 Å². The summed E-state index contributed by atoms with van der Waals surface area (Å²) in [6.45, 7) is 1.99. The molecule has 0 bridgehead atoms. The average molecular weight is 340 g/mol. The molecule has 1 heterocycles. The van der Waals surface area contributed by atoms with Gasteiger partial charge in [0.25, 0.3) is 5.91 Å². The Kier molecular flexibility index (Phi) is 4.44. The van der Waals surface area contributed by atoms with Gasteiger partial charge in [-0.3, -0.25) is 9.59 Å². The third kappa shape index (κ3) is 3.36. The number of carbonyl (C=O) groups excluding carboxylic acids is 1. The van der Waals surface area contributed by atoms with E-state index in [-0.39, 0.29) is 11.0 Å². The molecule has 6 heteroatoms. The highest BCUT2D eigenvalue weighted by Gasteiger charge is 2.12. The van der Waals surface area contributed by atoms with Gasteiger partial charge in [0.1, 0.15) is 5.56 Å². The Morgan fingerprint density at radius 3 is 2.71 bits per heavy atom. The average Bonchev–Trinajstić information content (AvgIpc) is 2.56. The second-order valence-corrected chi connectivity index (χ2v) is 5.77. The predicted molar refractivity (Wildman–Crippen MR) is 95.8 cm³/mol. The number of hydrogen-bond donors (Lipinski definition) is 2. The molecule has 3 aromatic rings. The second-order valence-electron chi connectivity index (χ2n) is 5.33. The van der Waals surface area contributed by atoms with Crippen LogP contribution in [-0.2, 0) is 0 Å². The number of aromatic amines is 1. The van der Waals surface area contributed by atoms with E-state index >= 15 is 0 Å². The molecule has 2 aromatic carbocycles. The van der Waals surface area contributed by atoms with E-state index in [1.54, 1.807) is 18.2 Å². The summed E-state index contributed by atoms with van der Waals surface area (Å²) in [6, 6.07) is 12.5. The van der Waals surface area contributed by atoms with Crippen molar-refractivity contribution in [3.63, 3.8) is 0 Å². The maximum absolute atomic E-state index is 12.4. The van der Waals surface area contributed by atoms with E-state index in [9.17, 15) is 9.59 Å². The van der Waals surface area contributed by atoms with Gasteiger partial charge in [-0.15, -0.1) is 0 Å².